The number of hydrogen-bond acceptors (Lipinski definition) is 4. The van der Waals surface area contributed by atoms with E-state index in [0.29, 0.717) is 28.1 Å². The fraction of sp³-hybridized carbons (Fsp3) is 0.300. The summed E-state index contributed by atoms with van der Waals surface area (Å²) in [6.45, 7) is 6.66. The summed E-state index contributed by atoms with van der Waals surface area (Å²) in [6, 6.07) is 11.4. The fourth-order valence-corrected chi connectivity index (χ4v) is 4.46. The van der Waals surface area contributed by atoms with E-state index in [1.807, 2.05) is 44.2 Å². The largest absolute Gasteiger partial charge is 0.468 e. The number of thioether (sulfide) groups is 1. The zero-order chi connectivity index (χ0) is 21.1. The summed E-state index contributed by atoms with van der Waals surface area (Å²) in [5.74, 6) is 0.717. The SMILES string of the molecule is CC.CCOC=O.S=C1CS[C@H](c2cccc(Cl)c2Cl)c2cc(Cl)ccc2N1. The normalized spacial score (nSPS) is 14.8. The van der Waals surface area contributed by atoms with Crippen LogP contribution in [0, 0.1) is 0 Å². The Morgan fingerprint density at radius 3 is 2.54 bits per heavy atom. The monoisotopic (exact) mass is 477 g/mol. The highest BCUT2D eigenvalue weighted by Gasteiger charge is 2.25. The maximum Gasteiger partial charge on any atom is 0.293 e. The molecule has 0 unspecified atom stereocenters. The van der Waals surface area contributed by atoms with Gasteiger partial charge in [0.05, 0.1) is 26.9 Å². The van der Waals surface area contributed by atoms with Crippen LogP contribution in [0.1, 0.15) is 37.1 Å². The Hall–Kier alpha value is -0.980. The Labute approximate surface area is 191 Å². The van der Waals surface area contributed by atoms with Crippen molar-refractivity contribution >= 4 is 75.9 Å². The lowest BCUT2D eigenvalue weighted by atomic mass is 10.0. The highest BCUT2D eigenvalue weighted by atomic mass is 35.5. The second kappa shape index (κ2) is 13.3. The van der Waals surface area contributed by atoms with Gasteiger partial charge in [0.2, 0.25) is 0 Å². The van der Waals surface area contributed by atoms with Gasteiger partial charge in [-0.05, 0) is 42.3 Å². The smallest absolute Gasteiger partial charge is 0.293 e. The third-order valence-corrected chi connectivity index (χ3v) is 6.24. The van der Waals surface area contributed by atoms with Crippen LogP contribution in [0.4, 0.5) is 5.69 Å². The van der Waals surface area contributed by atoms with E-state index in [9.17, 15) is 4.79 Å². The number of thiocarbonyl (C=S) groups is 1. The van der Waals surface area contributed by atoms with E-state index in [2.05, 4.69) is 10.1 Å². The van der Waals surface area contributed by atoms with Crippen LogP contribution in [0.25, 0.3) is 0 Å². The third-order valence-electron chi connectivity index (χ3n) is 3.45. The van der Waals surface area contributed by atoms with Crippen molar-refractivity contribution in [2.45, 2.75) is 26.0 Å². The number of anilines is 1. The summed E-state index contributed by atoms with van der Waals surface area (Å²) in [4.78, 5) is 9.98. The van der Waals surface area contributed by atoms with Crippen LogP contribution in [0.15, 0.2) is 36.4 Å². The van der Waals surface area contributed by atoms with Gasteiger partial charge in [-0.3, -0.25) is 4.79 Å². The average Bonchev–Trinajstić information content (AvgIpc) is 2.85. The summed E-state index contributed by atoms with van der Waals surface area (Å²) in [5.41, 5.74) is 3.01. The van der Waals surface area contributed by atoms with E-state index >= 15 is 0 Å². The second-order valence-corrected chi connectivity index (χ2v) is 7.97. The van der Waals surface area contributed by atoms with E-state index in [1.54, 1.807) is 24.8 Å². The molecule has 0 spiro atoms. The van der Waals surface area contributed by atoms with Gasteiger partial charge in [-0.15, -0.1) is 11.8 Å². The van der Waals surface area contributed by atoms with Crippen LogP contribution in [-0.2, 0) is 9.53 Å². The Morgan fingerprint density at radius 1 is 1.21 bits per heavy atom. The van der Waals surface area contributed by atoms with Gasteiger partial charge in [0.15, 0.2) is 0 Å². The lowest BCUT2D eigenvalue weighted by Gasteiger charge is -2.19. The quantitative estimate of drug-likeness (QED) is 0.367. The van der Waals surface area contributed by atoms with E-state index in [0.717, 1.165) is 27.6 Å². The first-order valence-corrected chi connectivity index (χ1v) is 11.3. The van der Waals surface area contributed by atoms with Crippen molar-refractivity contribution in [1.82, 2.24) is 0 Å². The molecule has 1 aliphatic rings. The third kappa shape index (κ3) is 7.12. The minimum atomic E-state index is 0.0397. The molecule has 1 atom stereocenters. The van der Waals surface area contributed by atoms with Gasteiger partial charge in [-0.2, -0.15) is 0 Å². The topological polar surface area (TPSA) is 38.3 Å². The highest BCUT2D eigenvalue weighted by molar-refractivity contribution is 8.01. The number of rotatable bonds is 3. The number of benzene rings is 2. The molecule has 28 heavy (non-hydrogen) atoms. The zero-order valence-electron chi connectivity index (χ0n) is 15.8. The van der Waals surface area contributed by atoms with Crippen LogP contribution in [0.5, 0.6) is 0 Å². The lowest BCUT2D eigenvalue weighted by molar-refractivity contribution is -0.128. The van der Waals surface area contributed by atoms with E-state index in [-0.39, 0.29) is 5.25 Å². The molecule has 0 aliphatic carbocycles. The first-order valence-electron chi connectivity index (χ1n) is 8.68. The molecular weight excluding hydrogens is 457 g/mol. The Morgan fingerprint density at radius 2 is 1.93 bits per heavy atom. The summed E-state index contributed by atoms with van der Waals surface area (Å²) in [6.07, 6.45) is 0. The van der Waals surface area contributed by atoms with Crippen molar-refractivity contribution in [2.75, 3.05) is 17.7 Å². The molecule has 0 amide bonds. The molecule has 0 saturated heterocycles. The number of nitrogens with one attached hydrogen (secondary N) is 1. The molecule has 1 aliphatic heterocycles. The summed E-state index contributed by atoms with van der Waals surface area (Å²) < 4.78 is 4.15. The molecule has 8 heteroatoms. The van der Waals surface area contributed by atoms with Crippen molar-refractivity contribution in [2.24, 2.45) is 0 Å². The van der Waals surface area contributed by atoms with Crippen molar-refractivity contribution in [3.05, 3.63) is 62.6 Å². The second-order valence-electron chi connectivity index (χ2n) is 5.17. The molecule has 0 aromatic heterocycles. The molecule has 152 valence electrons. The molecule has 0 fully saturated rings. The molecule has 0 radical (unpaired) electrons. The van der Waals surface area contributed by atoms with Gasteiger partial charge >= 0.3 is 0 Å². The predicted octanol–water partition coefficient (Wildman–Crippen LogP) is 7.43. The van der Waals surface area contributed by atoms with Gasteiger partial charge < -0.3 is 10.1 Å². The number of carbonyl (C=O) groups excluding carboxylic acids is 1. The number of hydrogen-bond donors (Lipinski definition) is 1. The lowest BCUT2D eigenvalue weighted by Crippen LogP contribution is -2.09. The van der Waals surface area contributed by atoms with Gasteiger partial charge in [-0.25, -0.2) is 0 Å². The minimum Gasteiger partial charge on any atom is -0.468 e. The molecular formula is C20H22Cl3NO2S2. The van der Waals surface area contributed by atoms with Gasteiger partial charge in [-0.1, -0.05) is 73.0 Å². The molecule has 0 saturated carbocycles. The number of halogens is 3. The van der Waals surface area contributed by atoms with Crippen molar-refractivity contribution in [1.29, 1.82) is 0 Å². The number of ether oxygens (including phenoxy) is 1. The van der Waals surface area contributed by atoms with Gasteiger partial charge in [0.1, 0.15) is 0 Å². The maximum absolute atomic E-state index is 9.18. The standard InChI is InChI=1S/C15H10Cl3NS2.C3H6O2.C2H6/c16-8-4-5-12-10(6-8)15(21-7-13(20)19-12)9-2-1-3-11(17)14(9)18;1-2-5-3-4;1-2/h1-6,15H,7H2,(H,19,20);3H,2H2,1H3;1-2H3/t15-;;/m1../s1. The minimum absolute atomic E-state index is 0.0397. The van der Waals surface area contributed by atoms with Crippen molar-refractivity contribution < 1.29 is 9.53 Å². The van der Waals surface area contributed by atoms with Crippen LogP contribution in [-0.4, -0.2) is 23.8 Å². The van der Waals surface area contributed by atoms with Crippen LogP contribution >= 0.6 is 58.8 Å². The molecule has 1 N–H and O–H groups in total. The summed E-state index contributed by atoms with van der Waals surface area (Å²) in [7, 11) is 0. The molecule has 2 aromatic carbocycles. The van der Waals surface area contributed by atoms with Crippen LogP contribution in [0.3, 0.4) is 0 Å². The van der Waals surface area contributed by atoms with E-state index < -0.39 is 0 Å². The molecule has 0 bridgehead atoms. The number of fused-ring (bicyclic) bond motifs is 1. The van der Waals surface area contributed by atoms with Crippen molar-refractivity contribution in [3.63, 3.8) is 0 Å². The predicted molar refractivity (Wildman–Crippen MR) is 127 cm³/mol. The molecule has 3 rings (SSSR count). The molecule has 3 nitrogen and oxygen atoms in total. The fourth-order valence-electron chi connectivity index (χ4n) is 2.35. The first kappa shape index (κ1) is 25.1. The summed E-state index contributed by atoms with van der Waals surface area (Å²) in [5, 5.41) is 5.12. The maximum atomic E-state index is 9.18. The Balaban J connectivity index is 0.000000490. The Bertz CT molecular complexity index is 803. The van der Waals surface area contributed by atoms with Crippen molar-refractivity contribution in [3.8, 4) is 0 Å². The van der Waals surface area contributed by atoms with E-state index in [4.69, 9.17) is 47.0 Å². The molecule has 1 heterocycles. The zero-order valence-corrected chi connectivity index (χ0v) is 19.7. The Kier molecular flexibility index (Phi) is 11.9. The van der Waals surface area contributed by atoms with Gasteiger partial charge in [0, 0.05) is 16.5 Å². The van der Waals surface area contributed by atoms with Crippen LogP contribution in [0.2, 0.25) is 15.1 Å². The highest BCUT2D eigenvalue weighted by Crippen LogP contribution is 2.45. The summed E-state index contributed by atoms with van der Waals surface area (Å²) >= 11 is 25.8. The average molecular weight is 479 g/mol. The van der Waals surface area contributed by atoms with E-state index in [1.165, 1.54) is 0 Å². The van der Waals surface area contributed by atoms with Gasteiger partial charge in [0.25, 0.3) is 6.47 Å². The number of carbonyl (C=O) groups is 1. The first-order chi connectivity index (χ1) is 13.5. The molecule has 2 aromatic rings. The van der Waals surface area contributed by atoms with Crippen LogP contribution < -0.4 is 5.32 Å².